The predicted octanol–water partition coefficient (Wildman–Crippen LogP) is 1.42. The van der Waals surface area contributed by atoms with Crippen LogP contribution in [0.2, 0.25) is 0 Å². The maximum absolute atomic E-state index is 12.4. The van der Waals surface area contributed by atoms with E-state index >= 15 is 0 Å². The number of fused-ring (bicyclic) bond motifs is 2. The summed E-state index contributed by atoms with van der Waals surface area (Å²) in [6.45, 7) is 10.6. The highest BCUT2D eigenvalue weighted by atomic mass is 16.6. The second kappa shape index (κ2) is 6.72. The summed E-state index contributed by atoms with van der Waals surface area (Å²) in [6, 6.07) is 0. The van der Waals surface area contributed by atoms with Gasteiger partial charge in [0.2, 0.25) is 0 Å². The van der Waals surface area contributed by atoms with Crippen molar-refractivity contribution in [3.63, 3.8) is 0 Å². The fraction of sp³-hybridized carbons (Fsp3) is 0.700. The number of aliphatic hydroxyl groups is 2. The maximum atomic E-state index is 12.4. The lowest BCUT2D eigenvalue weighted by Crippen LogP contribution is -2.47. The van der Waals surface area contributed by atoms with Gasteiger partial charge in [-0.05, 0) is 27.7 Å². The van der Waals surface area contributed by atoms with Gasteiger partial charge in [0.1, 0.15) is 12.2 Å². The topological polar surface area (TPSA) is 106 Å². The van der Waals surface area contributed by atoms with Crippen LogP contribution < -0.4 is 0 Å². The van der Waals surface area contributed by atoms with Gasteiger partial charge in [0, 0.05) is 30.4 Å². The van der Waals surface area contributed by atoms with Crippen LogP contribution in [-0.4, -0.2) is 57.8 Å². The van der Waals surface area contributed by atoms with Crippen LogP contribution in [0.5, 0.6) is 0 Å². The van der Waals surface area contributed by atoms with Gasteiger partial charge in [-0.25, -0.2) is 9.59 Å². The monoisotopic (exact) mass is 380 g/mol. The molecule has 0 aromatic carbocycles. The average Bonchev–Trinajstić information content (AvgIpc) is 3.11. The van der Waals surface area contributed by atoms with Crippen molar-refractivity contribution in [2.75, 3.05) is 0 Å². The molecular formula is C20H28O7. The smallest absolute Gasteiger partial charge is 0.334 e. The molecule has 3 fully saturated rings. The molecule has 3 rings (SSSR count). The number of carbonyl (C=O) groups excluding carboxylic acids is 2. The van der Waals surface area contributed by atoms with Crippen molar-refractivity contribution in [3.05, 3.63) is 23.8 Å². The highest BCUT2D eigenvalue weighted by Gasteiger charge is 2.60. The highest BCUT2D eigenvalue weighted by Crippen LogP contribution is 2.49. The molecule has 2 heterocycles. The molecule has 1 aliphatic carbocycles. The summed E-state index contributed by atoms with van der Waals surface area (Å²) >= 11 is 0. The first-order valence-electron chi connectivity index (χ1n) is 9.30. The third-order valence-corrected chi connectivity index (χ3v) is 6.15. The van der Waals surface area contributed by atoms with Gasteiger partial charge in [0.15, 0.2) is 0 Å². The van der Waals surface area contributed by atoms with E-state index in [9.17, 15) is 19.8 Å². The van der Waals surface area contributed by atoms with Crippen molar-refractivity contribution in [2.45, 2.75) is 82.6 Å². The van der Waals surface area contributed by atoms with Crippen LogP contribution in [0.3, 0.4) is 0 Å². The minimum absolute atomic E-state index is 0.0175. The normalized spacial score (nSPS) is 44.8. The van der Waals surface area contributed by atoms with Gasteiger partial charge in [-0.1, -0.05) is 12.7 Å². The largest absolute Gasteiger partial charge is 0.458 e. The second-order valence-corrected chi connectivity index (χ2v) is 8.35. The van der Waals surface area contributed by atoms with Gasteiger partial charge in [-0.15, -0.1) is 0 Å². The summed E-state index contributed by atoms with van der Waals surface area (Å²) in [5, 5.41) is 21.2. The summed E-state index contributed by atoms with van der Waals surface area (Å²) in [5.41, 5.74) is -1.42. The van der Waals surface area contributed by atoms with E-state index < -0.39 is 47.4 Å². The van der Waals surface area contributed by atoms with Gasteiger partial charge in [0.25, 0.3) is 0 Å². The minimum Gasteiger partial charge on any atom is -0.458 e. The van der Waals surface area contributed by atoms with Crippen molar-refractivity contribution in [3.8, 4) is 0 Å². The summed E-state index contributed by atoms with van der Waals surface area (Å²) < 4.78 is 16.9. The zero-order chi connectivity index (χ0) is 20.1. The Morgan fingerprint density at radius 3 is 2.67 bits per heavy atom. The van der Waals surface area contributed by atoms with E-state index in [-0.39, 0.29) is 24.5 Å². The van der Waals surface area contributed by atoms with Crippen LogP contribution in [0, 0.1) is 5.92 Å². The zero-order valence-electron chi connectivity index (χ0n) is 16.2. The number of hydrogen-bond acceptors (Lipinski definition) is 7. The predicted molar refractivity (Wildman–Crippen MR) is 95.6 cm³/mol. The molecular weight excluding hydrogens is 352 g/mol. The third kappa shape index (κ3) is 3.68. The lowest BCUT2D eigenvalue weighted by Gasteiger charge is -2.36. The molecule has 2 saturated heterocycles. The number of carbonyl (C=O) groups is 2. The molecule has 150 valence electrons. The lowest BCUT2D eigenvalue weighted by atomic mass is 9.77. The van der Waals surface area contributed by atoms with E-state index in [2.05, 4.69) is 6.58 Å². The molecule has 2 aliphatic heterocycles. The Kier molecular flexibility index (Phi) is 4.99. The molecule has 2 N–H and O–H groups in total. The van der Waals surface area contributed by atoms with E-state index in [0.29, 0.717) is 12.0 Å². The molecule has 7 nitrogen and oxygen atoms in total. The summed E-state index contributed by atoms with van der Waals surface area (Å²) in [4.78, 5) is 24.6. The fourth-order valence-corrected chi connectivity index (χ4v) is 4.04. The Bertz CT molecular complexity index is 694. The zero-order valence-corrected chi connectivity index (χ0v) is 16.2. The minimum atomic E-state index is -1.48. The first kappa shape index (κ1) is 20.0. The number of aliphatic hydroxyl groups excluding tert-OH is 1. The van der Waals surface area contributed by atoms with E-state index in [1.54, 1.807) is 19.9 Å². The van der Waals surface area contributed by atoms with Crippen molar-refractivity contribution in [1.29, 1.82) is 0 Å². The lowest BCUT2D eigenvalue weighted by molar-refractivity contribution is -0.153. The molecule has 0 aromatic rings. The number of allylic oxidation sites excluding steroid dienone is 1. The van der Waals surface area contributed by atoms with Crippen LogP contribution in [0.15, 0.2) is 23.8 Å². The molecule has 27 heavy (non-hydrogen) atoms. The van der Waals surface area contributed by atoms with Crippen molar-refractivity contribution >= 4 is 11.9 Å². The Morgan fingerprint density at radius 2 is 2.04 bits per heavy atom. The molecule has 0 radical (unpaired) electrons. The van der Waals surface area contributed by atoms with E-state index in [4.69, 9.17) is 14.2 Å². The number of esters is 2. The van der Waals surface area contributed by atoms with Crippen LogP contribution in [-0.2, 0) is 23.8 Å². The quantitative estimate of drug-likeness (QED) is 0.424. The molecule has 3 aliphatic rings. The molecule has 0 amide bonds. The fourth-order valence-electron chi connectivity index (χ4n) is 4.04. The maximum Gasteiger partial charge on any atom is 0.334 e. The standard InChI is InChI=1S/C20H28O7/c1-6-10(2)17(22)25-13-9-20(5)15(27-20)7-14(21)19(4,24)8-12-16(13)11(3)18(23)26-12/h6,12-16,21,24H,3,7-9H2,1-2,4-5H3/b10-6-/t12-,13-,14+,15-,16+,19?,20-/m1/s1. The Labute approximate surface area is 159 Å². The third-order valence-electron chi connectivity index (χ3n) is 6.15. The summed E-state index contributed by atoms with van der Waals surface area (Å²) in [5.74, 6) is -1.65. The first-order valence-corrected chi connectivity index (χ1v) is 9.30. The van der Waals surface area contributed by atoms with Crippen LogP contribution in [0.1, 0.15) is 47.0 Å². The van der Waals surface area contributed by atoms with Crippen molar-refractivity contribution in [1.82, 2.24) is 0 Å². The SMILES string of the molecule is C=C1C(=O)O[C@@H]2CC(C)(O)[C@@H](O)C[C@H]3O[C@]3(C)C[C@@H](OC(=O)/C(C)=C\C)[C@@H]12. The van der Waals surface area contributed by atoms with Crippen molar-refractivity contribution in [2.24, 2.45) is 5.92 Å². The summed E-state index contributed by atoms with van der Waals surface area (Å²) in [7, 11) is 0. The molecule has 1 unspecified atom stereocenters. The van der Waals surface area contributed by atoms with E-state index in [1.807, 2.05) is 6.92 Å². The Balaban J connectivity index is 1.96. The van der Waals surface area contributed by atoms with Gasteiger partial charge in [-0.2, -0.15) is 0 Å². The Hall–Kier alpha value is -1.70. The second-order valence-electron chi connectivity index (χ2n) is 8.35. The highest BCUT2D eigenvalue weighted by molar-refractivity contribution is 5.91. The number of ether oxygens (including phenoxy) is 3. The van der Waals surface area contributed by atoms with Crippen LogP contribution in [0.4, 0.5) is 0 Å². The van der Waals surface area contributed by atoms with Gasteiger partial charge < -0.3 is 24.4 Å². The molecule has 1 saturated carbocycles. The van der Waals surface area contributed by atoms with Gasteiger partial charge in [0.05, 0.1) is 29.3 Å². The van der Waals surface area contributed by atoms with Crippen LogP contribution >= 0.6 is 0 Å². The van der Waals surface area contributed by atoms with Crippen molar-refractivity contribution < 1.29 is 34.0 Å². The van der Waals surface area contributed by atoms with E-state index in [1.165, 1.54) is 6.92 Å². The number of rotatable bonds is 2. The van der Waals surface area contributed by atoms with Crippen LogP contribution in [0.25, 0.3) is 0 Å². The van der Waals surface area contributed by atoms with Gasteiger partial charge in [-0.3, -0.25) is 0 Å². The molecule has 0 aromatic heterocycles. The molecule has 7 atom stereocenters. The van der Waals surface area contributed by atoms with Gasteiger partial charge >= 0.3 is 11.9 Å². The molecule has 7 heteroatoms. The van der Waals surface area contributed by atoms with E-state index in [0.717, 1.165) is 0 Å². The molecule has 0 bridgehead atoms. The molecule has 0 spiro atoms. The average molecular weight is 380 g/mol. The number of epoxide rings is 1. The first-order chi connectivity index (χ1) is 12.5. The number of hydrogen-bond donors (Lipinski definition) is 2. The summed E-state index contributed by atoms with van der Waals surface area (Å²) in [6.07, 6.45) is -0.424. The Morgan fingerprint density at radius 1 is 1.37 bits per heavy atom.